The monoisotopic (exact) mass is 510 g/mol. The van der Waals surface area contributed by atoms with E-state index in [0.29, 0.717) is 11.3 Å². The largest absolute Gasteiger partial charge is 0.522 e. The molecule has 0 atom stereocenters. The molecule has 0 spiro atoms. The molecule has 1 heterocycles. The molecule has 37 heavy (non-hydrogen) atoms. The number of alkyl halides is 3. The average molecular weight is 510 g/mol. The number of fused-ring (bicyclic) bond motifs is 1. The van der Waals surface area contributed by atoms with Gasteiger partial charge < -0.3 is 5.32 Å². The zero-order valence-corrected chi connectivity index (χ0v) is 19.7. The number of rotatable bonds is 6. The highest BCUT2D eigenvalue weighted by Gasteiger charge is 2.36. The van der Waals surface area contributed by atoms with Gasteiger partial charge in [0.25, 0.3) is 11.8 Å². The van der Waals surface area contributed by atoms with Gasteiger partial charge in [0, 0.05) is 5.69 Å². The zero-order chi connectivity index (χ0) is 26.7. The van der Waals surface area contributed by atoms with Crippen molar-refractivity contribution in [2.24, 2.45) is 5.10 Å². The molecule has 0 bridgehead atoms. The molecule has 1 aliphatic rings. The molecule has 0 saturated carbocycles. The number of nitrogens with one attached hydrogen (secondary N) is 2. The van der Waals surface area contributed by atoms with E-state index >= 15 is 0 Å². The summed E-state index contributed by atoms with van der Waals surface area (Å²) in [4.78, 5) is 38.9. The van der Waals surface area contributed by atoms with Crippen molar-refractivity contribution in [3.8, 4) is 0 Å². The van der Waals surface area contributed by atoms with E-state index in [1.807, 2.05) is 32.0 Å². The highest BCUT2D eigenvalue weighted by Crippen LogP contribution is 2.29. The van der Waals surface area contributed by atoms with Gasteiger partial charge in [-0.2, -0.15) is 5.10 Å². The van der Waals surface area contributed by atoms with E-state index in [9.17, 15) is 27.6 Å². The van der Waals surface area contributed by atoms with Crippen LogP contribution in [-0.2, 0) is 11.3 Å². The number of imide groups is 1. The van der Waals surface area contributed by atoms with Gasteiger partial charge in [0.1, 0.15) is 0 Å². The summed E-state index contributed by atoms with van der Waals surface area (Å²) >= 11 is 0. The van der Waals surface area contributed by atoms with Crippen molar-refractivity contribution in [3.05, 3.63) is 94.0 Å². The van der Waals surface area contributed by atoms with Crippen molar-refractivity contribution in [3.63, 3.8) is 0 Å². The fraction of sp³-hybridized carbons (Fsp3) is 0.154. The van der Waals surface area contributed by atoms with E-state index in [-0.39, 0.29) is 22.4 Å². The second-order valence-electron chi connectivity index (χ2n) is 8.24. The number of hydrogen-bond acceptors (Lipinski definition) is 5. The number of urea groups is 1. The predicted octanol–water partition coefficient (Wildman–Crippen LogP) is 5.30. The maximum atomic E-state index is 13.0. The first-order valence-corrected chi connectivity index (χ1v) is 11.0. The molecule has 11 heteroatoms. The Hall–Kier alpha value is -4.51. The Kier molecular flexibility index (Phi) is 7.07. The van der Waals surface area contributed by atoms with Gasteiger partial charge in [-0.3, -0.25) is 14.3 Å². The smallest absolute Gasteiger partial charge is 0.306 e. The molecular formula is C26H21F3N4O4. The van der Waals surface area contributed by atoms with Crippen LogP contribution in [0.5, 0.6) is 0 Å². The summed E-state index contributed by atoms with van der Waals surface area (Å²) in [6, 6.07) is 15.0. The third-order valence-corrected chi connectivity index (χ3v) is 5.61. The van der Waals surface area contributed by atoms with Gasteiger partial charge in [0.2, 0.25) is 0 Å². The number of hydrogen-bond donors (Lipinski definition) is 2. The van der Waals surface area contributed by atoms with Gasteiger partial charge in [0.05, 0.1) is 29.6 Å². The molecule has 4 rings (SSSR count). The molecule has 8 nitrogen and oxygen atoms in total. The lowest BCUT2D eigenvalue weighted by Gasteiger charge is -2.14. The molecular weight excluding hydrogens is 489 g/mol. The van der Waals surface area contributed by atoms with E-state index in [1.165, 1.54) is 42.6 Å². The quantitative estimate of drug-likeness (QED) is 0.267. The molecule has 4 amide bonds. The average Bonchev–Trinajstić information content (AvgIpc) is 3.09. The number of carbonyl (C=O) groups is 3. The number of benzene rings is 3. The minimum Gasteiger partial charge on any atom is -0.306 e. The van der Waals surface area contributed by atoms with Crippen LogP contribution in [-0.4, -0.2) is 30.4 Å². The summed E-state index contributed by atoms with van der Waals surface area (Å²) in [6.45, 7) is 3.05. The fourth-order valence-corrected chi connectivity index (χ4v) is 3.80. The van der Waals surface area contributed by atoms with Gasteiger partial charge >= 0.3 is 12.4 Å². The van der Waals surface area contributed by atoms with E-state index in [0.717, 1.165) is 16.0 Å². The lowest BCUT2D eigenvalue weighted by Crippen LogP contribution is -2.29. The molecule has 0 fully saturated rings. The number of ether oxygens (including phenoxy) is 1. The first kappa shape index (κ1) is 25.6. The molecule has 3 aromatic rings. The van der Waals surface area contributed by atoms with E-state index in [4.69, 9.17) is 0 Å². The van der Waals surface area contributed by atoms with Crippen LogP contribution in [0.1, 0.15) is 43.0 Å². The minimum atomic E-state index is -4.76. The van der Waals surface area contributed by atoms with Crippen molar-refractivity contribution in [2.45, 2.75) is 26.8 Å². The van der Waals surface area contributed by atoms with Crippen LogP contribution in [0.15, 0.2) is 65.8 Å². The minimum absolute atomic E-state index is 0.137. The van der Waals surface area contributed by atoms with Gasteiger partial charge in [-0.25, -0.2) is 15.1 Å². The first-order chi connectivity index (χ1) is 17.5. The number of hydrazone groups is 1. The van der Waals surface area contributed by atoms with E-state index in [1.54, 1.807) is 6.07 Å². The van der Waals surface area contributed by atoms with Gasteiger partial charge in [-0.05, 0) is 60.4 Å². The zero-order valence-electron chi connectivity index (χ0n) is 19.7. The molecule has 2 N–H and O–H groups in total. The van der Waals surface area contributed by atoms with Crippen molar-refractivity contribution < 1.29 is 32.3 Å². The second-order valence-corrected chi connectivity index (χ2v) is 8.24. The number of amides is 4. The van der Waals surface area contributed by atoms with Crippen LogP contribution < -0.4 is 15.6 Å². The first-order valence-electron chi connectivity index (χ1n) is 11.0. The third kappa shape index (κ3) is 5.84. The molecule has 0 unspecified atom stereocenters. The Morgan fingerprint density at radius 2 is 1.62 bits per heavy atom. The van der Waals surface area contributed by atoms with E-state index < -0.39 is 30.8 Å². The molecule has 0 aromatic heterocycles. The summed E-state index contributed by atoms with van der Waals surface area (Å²) < 4.78 is 40.5. The van der Waals surface area contributed by atoms with Crippen molar-refractivity contribution in [2.75, 3.05) is 10.2 Å². The second kappa shape index (κ2) is 10.2. The number of carbonyl (C=O) groups excluding carboxylic acids is 3. The lowest BCUT2D eigenvalue weighted by molar-refractivity contribution is -0.330. The van der Waals surface area contributed by atoms with E-state index in [2.05, 4.69) is 20.6 Å². The summed E-state index contributed by atoms with van der Waals surface area (Å²) in [5, 5.41) is 6.63. The Balaban J connectivity index is 1.42. The van der Waals surface area contributed by atoms with Crippen molar-refractivity contribution in [1.82, 2.24) is 5.43 Å². The van der Waals surface area contributed by atoms with Crippen molar-refractivity contribution >= 4 is 35.4 Å². The highest BCUT2D eigenvalue weighted by atomic mass is 19.4. The molecule has 0 aliphatic carbocycles. The summed E-state index contributed by atoms with van der Waals surface area (Å²) in [7, 11) is 0. The number of halogens is 3. The SMILES string of the molecule is Cc1cccc(C)c1NC(=O)N/N=C/c1ccc2c(c1)C(=O)N(c1ccc(COC(F)(F)F)cc1)C2=O. The molecule has 0 saturated heterocycles. The number of para-hydroxylation sites is 1. The maximum Gasteiger partial charge on any atom is 0.522 e. The molecule has 1 aliphatic heterocycles. The summed E-state index contributed by atoms with van der Waals surface area (Å²) in [5.74, 6) is -1.15. The van der Waals surface area contributed by atoms with Crippen LogP contribution in [0.4, 0.5) is 29.3 Å². The normalized spacial score (nSPS) is 13.3. The highest BCUT2D eigenvalue weighted by molar-refractivity contribution is 6.34. The van der Waals surface area contributed by atoms with Crippen molar-refractivity contribution in [1.29, 1.82) is 0 Å². The van der Waals surface area contributed by atoms with Crippen LogP contribution in [0.25, 0.3) is 0 Å². The number of aryl methyl sites for hydroxylation is 2. The van der Waals surface area contributed by atoms with Crippen LogP contribution in [0.2, 0.25) is 0 Å². The Bertz CT molecular complexity index is 1380. The fourth-order valence-electron chi connectivity index (χ4n) is 3.80. The summed E-state index contributed by atoms with van der Waals surface area (Å²) in [6.07, 6.45) is -3.43. The Labute approximate surface area is 209 Å². The molecule has 0 radical (unpaired) electrons. The lowest BCUT2D eigenvalue weighted by atomic mass is 10.1. The Morgan fingerprint density at radius 1 is 0.973 bits per heavy atom. The molecule has 3 aromatic carbocycles. The van der Waals surface area contributed by atoms with Crippen LogP contribution in [0, 0.1) is 13.8 Å². The number of anilines is 2. The maximum absolute atomic E-state index is 13.0. The topological polar surface area (TPSA) is 100 Å². The third-order valence-electron chi connectivity index (χ3n) is 5.61. The van der Waals surface area contributed by atoms with Crippen LogP contribution in [0.3, 0.4) is 0 Å². The van der Waals surface area contributed by atoms with Gasteiger partial charge in [-0.1, -0.05) is 36.4 Å². The predicted molar refractivity (Wildman–Crippen MR) is 131 cm³/mol. The van der Waals surface area contributed by atoms with Crippen LogP contribution >= 0.6 is 0 Å². The van der Waals surface area contributed by atoms with Gasteiger partial charge in [0.15, 0.2) is 0 Å². The summed E-state index contributed by atoms with van der Waals surface area (Å²) in [5.41, 5.74) is 6.05. The number of nitrogens with zero attached hydrogens (tertiary/aromatic N) is 2. The molecule has 190 valence electrons. The Morgan fingerprint density at radius 3 is 2.27 bits per heavy atom. The standard InChI is InChI=1S/C26H21F3N4O4/c1-15-4-3-5-16(2)22(15)31-25(36)32-30-13-18-8-11-20-21(12-18)24(35)33(23(20)34)19-9-6-17(7-10-19)14-37-26(27,28)29/h3-13H,14H2,1-2H3,(H2,31,32,36)/b30-13+. The van der Waals surface area contributed by atoms with Gasteiger partial charge in [-0.15, -0.1) is 13.2 Å².